The highest BCUT2D eigenvalue weighted by molar-refractivity contribution is 5.78. The van der Waals surface area contributed by atoms with Crippen LogP contribution in [0.1, 0.15) is 5.56 Å². The maximum absolute atomic E-state index is 12.2. The third-order valence-electron chi connectivity index (χ3n) is 4.09. The molecular formula is C18H16N6O2. The van der Waals surface area contributed by atoms with Crippen molar-refractivity contribution in [2.75, 3.05) is 12.4 Å². The molecule has 0 atom stereocenters. The van der Waals surface area contributed by atoms with Gasteiger partial charge in [-0.2, -0.15) is 4.68 Å². The molecule has 2 N–H and O–H groups in total. The number of aromatic amines is 1. The molecule has 2 aromatic heterocycles. The van der Waals surface area contributed by atoms with Crippen LogP contribution in [0.2, 0.25) is 0 Å². The summed E-state index contributed by atoms with van der Waals surface area (Å²) in [4.78, 5) is 15.1. The molecule has 8 heteroatoms. The maximum atomic E-state index is 12.2. The van der Waals surface area contributed by atoms with Crippen LogP contribution in [0.25, 0.3) is 16.6 Å². The van der Waals surface area contributed by atoms with E-state index in [1.165, 1.54) is 11.0 Å². The summed E-state index contributed by atoms with van der Waals surface area (Å²) in [7, 11) is 1.58. The molecule has 4 aromatic rings. The van der Waals surface area contributed by atoms with Gasteiger partial charge in [-0.25, -0.2) is 0 Å². The van der Waals surface area contributed by atoms with Crippen molar-refractivity contribution in [2.45, 2.75) is 6.54 Å². The maximum Gasteiger partial charge on any atom is 0.253 e. The second-order valence-electron chi connectivity index (χ2n) is 5.71. The van der Waals surface area contributed by atoms with Crippen molar-refractivity contribution in [2.24, 2.45) is 0 Å². The van der Waals surface area contributed by atoms with Gasteiger partial charge in [0.1, 0.15) is 17.8 Å². The van der Waals surface area contributed by atoms with Gasteiger partial charge in [-0.05, 0) is 40.1 Å². The number of pyridine rings is 1. The predicted molar refractivity (Wildman–Crippen MR) is 97.6 cm³/mol. The van der Waals surface area contributed by atoms with Crippen molar-refractivity contribution >= 4 is 16.6 Å². The van der Waals surface area contributed by atoms with Crippen molar-refractivity contribution in [3.63, 3.8) is 0 Å². The minimum atomic E-state index is -0.103. The molecule has 0 unspecified atom stereocenters. The normalized spacial score (nSPS) is 10.8. The van der Waals surface area contributed by atoms with Gasteiger partial charge in [0.2, 0.25) is 0 Å². The highest BCUT2D eigenvalue weighted by Gasteiger charge is 2.09. The number of tetrazole rings is 1. The van der Waals surface area contributed by atoms with Crippen molar-refractivity contribution in [1.82, 2.24) is 25.2 Å². The minimum Gasteiger partial charge on any atom is -0.494 e. The Labute approximate surface area is 148 Å². The molecule has 2 aromatic carbocycles. The fraction of sp³-hybridized carbons (Fsp3) is 0.111. The Hall–Kier alpha value is -3.68. The number of anilines is 1. The highest BCUT2D eigenvalue weighted by Crippen LogP contribution is 2.26. The number of nitrogens with one attached hydrogen (secondary N) is 2. The number of methoxy groups -OCH3 is 1. The average molecular weight is 348 g/mol. The number of aromatic nitrogens is 5. The number of ether oxygens (including phenoxy) is 1. The summed E-state index contributed by atoms with van der Waals surface area (Å²) in [5.41, 5.74) is 2.94. The van der Waals surface area contributed by atoms with Crippen LogP contribution in [-0.4, -0.2) is 32.3 Å². The van der Waals surface area contributed by atoms with Gasteiger partial charge >= 0.3 is 0 Å². The van der Waals surface area contributed by atoms with E-state index in [1.54, 1.807) is 7.11 Å². The molecule has 0 saturated carbocycles. The molecule has 26 heavy (non-hydrogen) atoms. The Balaban J connectivity index is 1.58. The van der Waals surface area contributed by atoms with Crippen molar-refractivity contribution in [3.05, 3.63) is 70.8 Å². The summed E-state index contributed by atoms with van der Waals surface area (Å²) < 4.78 is 6.94. The summed E-state index contributed by atoms with van der Waals surface area (Å²) in [6.07, 6.45) is 1.50. The molecule has 2 heterocycles. The van der Waals surface area contributed by atoms with E-state index in [1.807, 2.05) is 48.5 Å². The van der Waals surface area contributed by atoms with Crippen LogP contribution in [0.5, 0.6) is 5.75 Å². The number of benzene rings is 2. The first-order valence-corrected chi connectivity index (χ1v) is 8.01. The molecule has 0 radical (unpaired) electrons. The Morgan fingerprint density at radius 2 is 2.08 bits per heavy atom. The summed E-state index contributed by atoms with van der Waals surface area (Å²) in [5, 5.41) is 15.4. The first kappa shape index (κ1) is 15.8. The van der Waals surface area contributed by atoms with Gasteiger partial charge in [-0.15, -0.1) is 5.10 Å². The first-order valence-electron chi connectivity index (χ1n) is 8.01. The van der Waals surface area contributed by atoms with Crippen LogP contribution in [0.4, 0.5) is 5.69 Å². The Kier molecular flexibility index (Phi) is 4.06. The molecule has 0 bridgehead atoms. The number of para-hydroxylation sites is 1. The summed E-state index contributed by atoms with van der Waals surface area (Å²) >= 11 is 0. The van der Waals surface area contributed by atoms with Crippen LogP contribution >= 0.6 is 0 Å². The Morgan fingerprint density at radius 3 is 2.88 bits per heavy atom. The van der Waals surface area contributed by atoms with E-state index >= 15 is 0 Å². The lowest BCUT2D eigenvalue weighted by Gasteiger charge is -2.11. The van der Waals surface area contributed by atoms with Crippen LogP contribution < -0.4 is 15.6 Å². The number of H-pyrrole nitrogens is 1. The van der Waals surface area contributed by atoms with Gasteiger partial charge < -0.3 is 15.0 Å². The Morgan fingerprint density at radius 1 is 1.19 bits per heavy atom. The molecule has 4 rings (SSSR count). The zero-order chi connectivity index (χ0) is 17.9. The van der Waals surface area contributed by atoms with Crippen molar-refractivity contribution in [1.29, 1.82) is 0 Å². The summed E-state index contributed by atoms with van der Waals surface area (Å²) in [6, 6.07) is 15.2. The zero-order valence-corrected chi connectivity index (χ0v) is 14.0. The van der Waals surface area contributed by atoms with Crippen LogP contribution in [0.3, 0.4) is 0 Å². The lowest BCUT2D eigenvalue weighted by molar-refractivity contribution is 0.411. The van der Waals surface area contributed by atoms with E-state index in [4.69, 9.17) is 4.74 Å². The van der Waals surface area contributed by atoms with E-state index in [-0.39, 0.29) is 5.56 Å². The van der Waals surface area contributed by atoms with Gasteiger partial charge in [-0.1, -0.05) is 18.2 Å². The van der Waals surface area contributed by atoms with Gasteiger partial charge in [0.15, 0.2) is 0 Å². The molecule has 0 aliphatic rings. The third kappa shape index (κ3) is 3.00. The first-order chi connectivity index (χ1) is 12.7. The molecule has 130 valence electrons. The molecule has 0 aliphatic carbocycles. The molecule has 0 amide bonds. The smallest absolute Gasteiger partial charge is 0.253 e. The van der Waals surface area contributed by atoms with Gasteiger partial charge in [0.05, 0.1) is 7.11 Å². The van der Waals surface area contributed by atoms with Gasteiger partial charge in [-0.3, -0.25) is 4.79 Å². The number of hydrogen-bond donors (Lipinski definition) is 2. The lowest BCUT2D eigenvalue weighted by Crippen LogP contribution is -2.15. The van der Waals surface area contributed by atoms with E-state index < -0.39 is 0 Å². The number of hydrogen-bond acceptors (Lipinski definition) is 6. The summed E-state index contributed by atoms with van der Waals surface area (Å²) in [5.74, 6) is 0.620. The molecule has 0 aliphatic heterocycles. The topological polar surface area (TPSA) is 97.7 Å². The Bertz CT molecular complexity index is 1100. The fourth-order valence-corrected chi connectivity index (χ4v) is 2.77. The average Bonchev–Trinajstić information content (AvgIpc) is 3.20. The number of fused-ring (bicyclic) bond motifs is 1. The molecule has 0 spiro atoms. The van der Waals surface area contributed by atoms with Crippen molar-refractivity contribution < 1.29 is 4.74 Å². The molecule has 0 fully saturated rings. The van der Waals surface area contributed by atoms with Crippen LogP contribution in [0.15, 0.2) is 59.7 Å². The minimum absolute atomic E-state index is 0.103. The van der Waals surface area contributed by atoms with Gasteiger partial charge in [0, 0.05) is 29.4 Å². The number of nitrogens with zero attached hydrogens (tertiary/aromatic N) is 4. The monoisotopic (exact) mass is 348 g/mol. The molecule has 8 nitrogen and oxygen atoms in total. The SMILES string of the molecule is COc1cc(NCc2cc3ccccc3[nH]c2=O)ccc1-n1cnnn1. The van der Waals surface area contributed by atoms with Crippen LogP contribution in [-0.2, 0) is 6.54 Å². The third-order valence-corrected chi connectivity index (χ3v) is 4.09. The van der Waals surface area contributed by atoms with E-state index in [0.29, 0.717) is 17.9 Å². The second kappa shape index (κ2) is 6.67. The highest BCUT2D eigenvalue weighted by atomic mass is 16.5. The molecule has 0 saturated heterocycles. The largest absolute Gasteiger partial charge is 0.494 e. The van der Waals surface area contributed by atoms with E-state index in [0.717, 1.165) is 22.3 Å². The second-order valence-corrected chi connectivity index (χ2v) is 5.71. The fourth-order valence-electron chi connectivity index (χ4n) is 2.77. The number of rotatable bonds is 5. The predicted octanol–water partition coefficient (Wildman–Crippen LogP) is 2.12. The lowest BCUT2D eigenvalue weighted by atomic mass is 10.1. The summed E-state index contributed by atoms with van der Waals surface area (Å²) in [6.45, 7) is 0.396. The van der Waals surface area contributed by atoms with Crippen LogP contribution in [0, 0.1) is 0 Å². The van der Waals surface area contributed by atoms with E-state index in [2.05, 4.69) is 25.8 Å². The van der Waals surface area contributed by atoms with E-state index in [9.17, 15) is 4.79 Å². The zero-order valence-electron chi connectivity index (χ0n) is 14.0. The van der Waals surface area contributed by atoms with Crippen molar-refractivity contribution in [3.8, 4) is 11.4 Å². The standard InChI is InChI=1S/C18H16N6O2/c1-26-17-9-14(6-7-16(17)24-11-20-22-23-24)19-10-13-8-12-4-2-3-5-15(12)21-18(13)25/h2-9,11,19H,10H2,1H3,(H,21,25). The van der Waals surface area contributed by atoms with Gasteiger partial charge in [0.25, 0.3) is 5.56 Å². The quantitative estimate of drug-likeness (QED) is 0.573. The molecular weight excluding hydrogens is 332 g/mol.